The van der Waals surface area contributed by atoms with Gasteiger partial charge in [0.2, 0.25) is 0 Å². The van der Waals surface area contributed by atoms with Crippen molar-refractivity contribution in [3.8, 4) is 6.07 Å². The fraction of sp³-hybridized carbons (Fsp3) is 0.227. The Morgan fingerprint density at radius 2 is 1.82 bits per heavy atom. The van der Waals surface area contributed by atoms with Crippen LogP contribution >= 0.6 is 0 Å². The Bertz CT molecular complexity index is 1080. The number of hydrogen-bond acceptors (Lipinski definition) is 4. The zero-order valence-electron chi connectivity index (χ0n) is 15.3. The highest BCUT2D eigenvalue weighted by Gasteiger charge is 2.23. The molecule has 0 N–H and O–H groups in total. The first-order valence-corrected chi connectivity index (χ1v) is 9.26. The molecule has 0 bridgehead atoms. The Morgan fingerprint density at radius 3 is 2.64 bits per heavy atom. The molecule has 1 amide bonds. The van der Waals surface area contributed by atoms with Gasteiger partial charge in [-0.2, -0.15) is 5.26 Å². The second kappa shape index (κ2) is 7.65. The van der Waals surface area contributed by atoms with Crippen molar-refractivity contribution >= 4 is 22.5 Å². The van der Waals surface area contributed by atoms with Gasteiger partial charge in [-0.15, -0.1) is 0 Å². The smallest absolute Gasteiger partial charge is 0.256 e. The summed E-state index contributed by atoms with van der Waals surface area (Å²) in [6.07, 6.45) is 0.763. The summed E-state index contributed by atoms with van der Waals surface area (Å²) >= 11 is 0. The number of rotatable bonds is 2. The van der Waals surface area contributed by atoms with Crippen molar-refractivity contribution in [3.63, 3.8) is 0 Å². The van der Waals surface area contributed by atoms with E-state index in [2.05, 4.69) is 16.0 Å². The van der Waals surface area contributed by atoms with Crippen LogP contribution in [0.5, 0.6) is 0 Å². The third kappa shape index (κ3) is 3.39. The molecule has 1 aromatic heterocycles. The van der Waals surface area contributed by atoms with E-state index in [-0.39, 0.29) is 11.5 Å². The van der Waals surface area contributed by atoms with E-state index in [1.54, 1.807) is 23.1 Å². The van der Waals surface area contributed by atoms with Gasteiger partial charge in [0.15, 0.2) is 0 Å². The van der Waals surface area contributed by atoms with Crippen LogP contribution in [0, 0.1) is 17.1 Å². The van der Waals surface area contributed by atoms with Crippen molar-refractivity contribution in [2.45, 2.75) is 6.42 Å². The molecule has 140 valence electrons. The highest BCUT2D eigenvalue weighted by atomic mass is 19.1. The number of carbonyl (C=O) groups is 1. The number of nitrogens with zero attached hydrogens (tertiary/aromatic N) is 4. The first-order chi connectivity index (χ1) is 13.7. The van der Waals surface area contributed by atoms with Crippen molar-refractivity contribution in [1.82, 2.24) is 9.88 Å². The summed E-state index contributed by atoms with van der Waals surface area (Å²) in [6.45, 7) is 2.42. The van der Waals surface area contributed by atoms with E-state index in [0.717, 1.165) is 29.6 Å². The zero-order chi connectivity index (χ0) is 19.5. The Kier molecular flexibility index (Phi) is 4.90. The molecule has 0 saturated carbocycles. The first-order valence-electron chi connectivity index (χ1n) is 9.26. The van der Waals surface area contributed by atoms with Gasteiger partial charge in [-0.3, -0.25) is 4.79 Å². The lowest BCUT2D eigenvalue weighted by Gasteiger charge is -2.25. The minimum absolute atomic E-state index is 0.108. The molecular weight excluding hydrogens is 355 g/mol. The van der Waals surface area contributed by atoms with Crippen molar-refractivity contribution in [2.24, 2.45) is 0 Å². The molecule has 6 heteroatoms. The first kappa shape index (κ1) is 17.9. The molecule has 4 rings (SSSR count). The van der Waals surface area contributed by atoms with E-state index in [0.29, 0.717) is 25.3 Å². The third-order valence-corrected chi connectivity index (χ3v) is 5.04. The number of fused-ring (bicyclic) bond motifs is 1. The lowest BCUT2D eigenvalue weighted by atomic mass is 10.1. The largest absolute Gasteiger partial charge is 0.369 e. The normalized spacial score (nSPS) is 14.6. The number of amides is 1. The molecule has 1 aliphatic heterocycles. The topological polar surface area (TPSA) is 60.2 Å². The van der Waals surface area contributed by atoms with Gasteiger partial charge in [0.05, 0.1) is 11.1 Å². The zero-order valence-corrected chi connectivity index (χ0v) is 15.3. The SMILES string of the molecule is N#Cc1cc(N2CCCN(C(=O)c3ccccc3F)CC2)c2ccccc2n1. The van der Waals surface area contributed by atoms with Crippen LogP contribution in [0.3, 0.4) is 0 Å². The maximum absolute atomic E-state index is 14.0. The summed E-state index contributed by atoms with van der Waals surface area (Å²) in [7, 11) is 0. The summed E-state index contributed by atoms with van der Waals surface area (Å²) in [5, 5.41) is 10.3. The van der Waals surface area contributed by atoms with E-state index in [1.807, 2.05) is 24.3 Å². The monoisotopic (exact) mass is 374 g/mol. The van der Waals surface area contributed by atoms with E-state index >= 15 is 0 Å². The Morgan fingerprint density at radius 1 is 1.04 bits per heavy atom. The van der Waals surface area contributed by atoms with Gasteiger partial charge in [-0.1, -0.05) is 30.3 Å². The highest BCUT2D eigenvalue weighted by molar-refractivity contribution is 5.95. The molecule has 0 aliphatic carbocycles. The molecule has 0 unspecified atom stereocenters. The fourth-order valence-corrected chi connectivity index (χ4v) is 3.64. The molecule has 0 atom stereocenters. The molecule has 2 heterocycles. The number of para-hydroxylation sites is 1. The predicted molar refractivity (Wildman–Crippen MR) is 106 cm³/mol. The molecule has 2 aromatic carbocycles. The van der Waals surface area contributed by atoms with Crippen LogP contribution in [-0.4, -0.2) is 42.0 Å². The molecular formula is C22H19FN4O. The predicted octanol–water partition coefficient (Wildman–Crippen LogP) is 3.60. The standard InChI is InChI=1S/C22H19FN4O/c23-19-8-3-1-6-17(19)22(28)27-11-5-10-26(12-13-27)21-14-16(15-24)25-20-9-4-2-7-18(20)21/h1-4,6-9,14H,5,10-13H2. The number of carbonyl (C=O) groups excluding carboxylic acids is 1. The van der Waals surface area contributed by atoms with Crippen LogP contribution in [0.1, 0.15) is 22.5 Å². The minimum atomic E-state index is -0.493. The fourth-order valence-electron chi connectivity index (χ4n) is 3.64. The average Bonchev–Trinajstić information content (AvgIpc) is 2.99. The van der Waals surface area contributed by atoms with Crippen LogP contribution in [0.15, 0.2) is 54.6 Å². The Labute approximate surface area is 162 Å². The maximum Gasteiger partial charge on any atom is 0.256 e. The molecule has 3 aromatic rings. The minimum Gasteiger partial charge on any atom is -0.369 e. The molecule has 1 fully saturated rings. The van der Waals surface area contributed by atoms with Crippen LogP contribution < -0.4 is 4.90 Å². The van der Waals surface area contributed by atoms with Crippen LogP contribution in [0.2, 0.25) is 0 Å². The van der Waals surface area contributed by atoms with Crippen LogP contribution in [-0.2, 0) is 0 Å². The van der Waals surface area contributed by atoms with Crippen LogP contribution in [0.25, 0.3) is 10.9 Å². The van der Waals surface area contributed by atoms with Gasteiger partial charge in [-0.05, 0) is 30.7 Å². The number of halogens is 1. The van der Waals surface area contributed by atoms with E-state index in [4.69, 9.17) is 0 Å². The average molecular weight is 374 g/mol. The lowest BCUT2D eigenvalue weighted by molar-refractivity contribution is 0.0762. The lowest BCUT2D eigenvalue weighted by Crippen LogP contribution is -2.35. The number of nitriles is 1. The van der Waals surface area contributed by atoms with Gasteiger partial charge >= 0.3 is 0 Å². The number of anilines is 1. The van der Waals surface area contributed by atoms with Gasteiger partial charge in [-0.25, -0.2) is 9.37 Å². The summed E-state index contributed by atoms with van der Waals surface area (Å²) in [5.41, 5.74) is 2.21. The molecule has 5 nitrogen and oxygen atoms in total. The van der Waals surface area contributed by atoms with E-state index in [9.17, 15) is 14.4 Å². The summed E-state index contributed by atoms with van der Waals surface area (Å²) in [4.78, 5) is 21.0. The summed E-state index contributed by atoms with van der Waals surface area (Å²) < 4.78 is 14.0. The van der Waals surface area contributed by atoms with Crippen molar-refractivity contribution < 1.29 is 9.18 Å². The van der Waals surface area contributed by atoms with E-state index < -0.39 is 5.82 Å². The highest BCUT2D eigenvalue weighted by Crippen LogP contribution is 2.28. The number of pyridine rings is 1. The molecule has 0 spiro atoms. The van der Waals surface area contributed by atoms with Crippen molar-refractivity contribution in [3.05, 3.63) is 71.7 Å². The number of aromatic nitrogens is 1. The summed E-state index contributed by atoms with van der Waals surface area (Å²) in [5.74, 6) is -0.773. The number of benzene rings is 2. The van der Waals surface area contributed by atoms with Crippen molar-refractivity contribution in [1.29, 1.82) is 5.26 Å². The number of hydrogen-bond donors (Lipinski definition) is 0. The van der Waals surface area contributed by atoms with Crippen LogP contribution in [0.4, 0.5) is 10.1 Å². The van der Waals surface area contributed by atoms with E-state index in [1.165, 1.54) is 12.1 Å². The third-order valence-electron chi connectivity index (χ3n) is 5.04. The van der Waals surface area contributed by atoms with Gasteiger partial charge in [0.1, 0.15) is 17.6 Å². The molecule has 0 radical (unpaired) electrons. The van der Waals surface area contributed by atoms with Gasteiger partial charge in [0.25, 0.3) is 5.91 Å². The second-order valence-corrected chi connectivity index (χ2v) is 6.77. The summed E-state index contributed by atoms with van der Waals surface area (Å²) in [6, 6.07) is 17.8. The molecule has 1 saturated heterocycles. The molecule has 28 heavy (non-hydrogen) atoms. The second-order valence-electron chi connectivity index (χ2n) is 6.77. The van der Waals surface area contributed by atoms with Gasteiger partial charge in [0, 0.05) is 37.3 Å². The quantitative estimate of drug-likeness (QED) is 0.688. The Balaban J connectivity index is 1.60. The van der Waals surface area contributed by atoms with Gasteiger partial charge < -0.3 is 9.80 Å². The van der Waals surface area contributed by atoms with Crippen molar-refractivity contribution in [2.75, 3.05) is 31.1 Å². The maximum atomic E-state index is 14.0. The Hall–Kier alpha value is -3.46. The molecule has 1 aliphatic rings.